The highest BCUT2D eigenvalue weighted by molar-refractivity contribution is 5.47. The number of hydrogen-bond acceptors (Lipinski definition) is 1. The molecule has 1 fully saturated rings. The molecule has 0 spiro atoms. The number of allylic oxidation sites excluding steroid dienone is 3. The topological polar surface area (TPSA) is 12.0 Å². The molecule has 124 valence electrons. The van der Waals surface area contributed by atoms with Gasteiger partial charge in [0.25, 0.3) is 0 Å². The van der Waals surface area contributed by atoms with Crippen molar-refractivity contribution in [2.75, 3.05) is 11.9 Å². The van der Waals surface area contributed by atoms with Crippen LogP contribution < -0.4 is 5.32 Å². The maximum atomic E-state index is 3.65. The summed E-state index contributed by atoms with van der Waals surface area (Å²) in [5, 5.41) is 3.65. The molecule has 2 aliphatic rings. The Morgan fingerprint density at radius 2 is 1.78 bits per heavy atom. The van der Waals surface area contributed by atoms with Gasteiger partial charge in [-0.1, -0.05) is 57.5 Å². The highest BCUT2D eigenvalue weighted by Gasteiger charge is 2.36. The first-order valence-corrected chi connectivity index (χ1v) is 9.06. The minimum absolute atomic E-state index is 0.242. The van der Waals surface area contributed by atoms with Gasteiger partial charge >= 0.3 is 0 Å². The predicted octanol–water partition coefficient (Wildman–Crippen LogP) is 5.98. The molecular weight excluding hydrogens is 278 g/mol. The van der Waals surface area contributed by atoms with E-state index in [1.165, 1.54) is 29.7 Å². The highest BCUT2D eigenvalue weighted by Crippen LogP contribution is 2.46. The Balaban J connectivity index is 1.79. The number of anilines is 1. The molecule has 0 amide bonds. The van der Waals surface area contributed by atoms with Crippen LogP contribution >= 0.6 is 0 Å². The zero-order chi connectivity index (χ0) is 16.6. The van der Waals surface area contributed by atoms with Crippen molar-refractivity contribution in [2.45, 2.75) is 47.5 Å². The number of aryl methyl sites for hydroxylation is 1. The number of fused-ring (bicyclic) bond motifs is 1. The third-order valence-electron chi connectivity index (χ3n) is 5.47. The van der Waals surface area contributed by atoms with E-state index in [4.69, 9.17) is 0 Å². The minimum atomic E-state index is 0.242. The van der Waals surface area contributed by atoms with Crippen molar-refractivity contribution in [1.82, 2.24) is 0 Å². The molecule has 1 aromatic rings. The molecule has 0 radical (unpaired) electrons. The van der Waals surface area contributed by atoms with Crippen molar-refractivity contribution in [1.29, 1.82) is 0 Å². The Bertz CT molecular complexity index is 612. The van der Waals surface area contributed by atoms with Gasteiger partial charge in [-0.3, -0.25) is 0 Å². The van der Waals surface area contributed by atoms with Gasteiger partial charge in [-0.2, -0.15) is 0 Å². The van der Waals surface area contributed by atoms with Crippen molar-refractivity contribution in [2.24, 2.45) is 23.2 Å². The summed E-state index contributed by atoms with van der Waals surface area (Å²) in [6.45, 7) is 12.5. The summed E-state index contributed by atoms with van der Waals surface area (Å²) < 4.78 is 0. The average Bonchev–Trinajstić information content (AvgIpc) is 2.85. The molecule has 0 aliphatic heterocycles. The number of hydrogen-bond donors (Lipinski definition) is 1. The highest BCUT2D eigenvalue weighted by atomic mass is 14.9. The molecular formula is C22H31N. The first kappa shape index (κ1) is 16.4. The lowest BCUT2D eigenvalue weighted by Crippen LogP contribution is -2.22. The Labute approximate surface area is 141 Å². The molecule has 0 heterocycles. The van der Waals surface area contributed by atoms with Crippen molar-refractivity contribution in [3.8, 4) is 0 Å². The van der Waals surface area contributed by atoms with E-state index in [1.807, 2.05) is 0 Å². The standard InChI is InChI=1S/C22H31N/c1-15-6-8-20(9-7-15)23-14-18-13-19(22(3,4)5)12-17-10-16(2)11-21(17)18/h6-9,12-13,16-17,21,23H,10-11,14H2,1-5H3/t16-,17?,21?/m0/s1. The van der Waals surface area contributed by atoms with Crippen molar-refractivity contribution in [3.63, 3.8) is 0 Å². The Morgan fingerprint density at radius 1 is 1.09 bits per heavy atom. The summed E-state index contributed by atoms with van der Waals surface area (Å²) >= 11 is 0. The van der Waals surface area contributed by atoms with Gasteiger partial charge in [0.2, 0.25) is 0 Å². The molecule has 1 nitrogen and oxygen atoms in total. The van der Waals surface area contributed by atoms with E-state index in [2.05, 4.69) is 76.4 Å². The fourth-order valence-electron chi connectivity index (χ4n) is 4.05. The van der Waals surface area contributed by atoms with Gasteiger partial charge in [-0.15, -0.1) is 0 Å². The molecule has 3 atom stereocenters. The van der Waals surface area contributed by atoms with Gasteiger partial charge < -0.3 is 5.32 Å². The van der Waals surface area contributed by atoms with E-state index >= 15 is 0 Å². The van der Waals surface area contributed by atoms with Crippen LogP contribution in [0.25, 0.3) is 0 Å². The van der Waals surface area contributed by atoms with E-state index in [1.54, 1.807) is 5.57 Å². The van der Waals surface area contributed by atoms with Crippen molar-refractivity contribution in [3.05, 3.63) is 53.1 Å². The molecule has 1 aromatic carbocycles. The average molecular weight is 309 g/mol. The molecule has 3 rings (SSSR count). The molecule has 1 heteroatoms. The van der Waals surface area contributed by atoms with E-state index in [0.29, 0.717) is 0 Å². The Morgan fingerprint density at radius 3 is 2.43 bits per heavy atom. The van der Waals surface area contributed by atoms with Gasteiger partial charge in [0.1, 0.15) is 0 Å². The maximum Gasteiger partial charge on any atom is 0.0366 e. The third kappa shape index (κ3) is 3.71. The SMILES string of the molecule is Cc1ccc(NCC2=CC(C(C)(C)C)=CC3C[C@H](C)CC23)cc1. The summed E-state index contributed by atoms with van der Waals surface area (Å²) in [7, 11) is 0. The van der Waals surface area contributed by atoms with Crippen LogP contribution in [0.15, 0.2) is 47.6 Å². The van der Waals surface area contributed by atoms with E-state index in [9.17, 15) is 0 Å². The molecule has 23 heavy (non-hydrogen) atoms. The van der Waals surface area contributed by atoms with Gasteiger partial charge in [0.15, 0.2) is 0 Å². The summed E-state index contributed by atoms with van der Waals surface area (Å²) in [4.78, 5) is 0. The second-order valence-corrected chi connectivity index (χ2v) is 8.66. The molecule has 0 saturated heterocycles. The van der Waals surface area contributed by atoms with Crippen LogP contribution in [0.4, 0.5) is 5.69 Å². The molecule has 0 aromatic heterocycles. The second-order valence-electron chi connectivity index (χ2n) is 8.66. The first-order valence-electron chi connectivity index (χ1n) is 9.06. The number of rotatable bonds is 3. The molecule has 2 aliphatic carbocycles. The summed E-state index contributed by atoms with van der Waals surface area (Å²) in [6, 6.07) is 8.74. The van der Waals surface area contributed by atoms with Crippen LogP contribution in [-0.4, -0.2) is 6.54 Å². The van der Waals surface area contributed by atoms with Gasteiger partial charge in [0.05, 0.1) is 0 Å². The predicted molar refractivity (Wildman–Crippen MR) is 101 cm³/mol. The van der Waals surface area contributed by atoms with Gasteiger partial charge in [0, 0.05) is 12.2 Å². The van der Waals surface area contributed by atoms with Crippen LogP contribution in [0.1, 0.15) is 46.1 Å². The lowest BCUT2D eigenvalue weighted by molar-refractivity contribution is 0.464. The maximum absolute atomic E-state index is 3.65. The smallest absolute Gasteiger partial charge is 0.0366 e. The Kier molecular flexibility index (Phi) is 4.40. The summed E-state index contributed by atoms with van der Waals surface area (Å²) in [6.07, 6.45) is 7.76. The van der Waals surface area contributed by atoms with E-state index in [0.717, 1.165) is 24.3 Å². The Hall–Kier alpha value is -1.50. The fraction of sp³-hybridized carbons (Fsp3) is 0.545. The zero-order valence-electron chi connectivity index (χ0n) is 15.3. The molecule has 1 saturated carbocycles. The van der Waals surface area contributed by atoms with E-state index < -0.39 is 0 Å². The van der Waals surface area contributed by atoms with Crippen LogP contribution in [0, 0.1) is 30.1 Å². The first-order chi connectivity index (χ1) is 10.8. The number of benzene rings is 1. The van der Waals surface area contributed by atoms with Crippen LogP contribution in [0.2, 0.25) is 0 Å². The lowest BCUT2D eigenvalue weighted by atomic mass is 9.75. The third-order valence-corrected chi connectivity index (χ3v) is 5.47. The largest absolute Gasteiger partial charge is 0.381 e. The van der Waals surface area contributed by atoms with Gasteiger partial charge in [-0.25, -0.2) is 0 Å². The zero-order valence-corrected chi connectivity index (χ0v) is 15.3. The second kappa shape index (κ2) is 6.19. The van der Waals surface area contributed by atoms with E-state index in [-0.39, 0.29) is 5.41 Å². The lowest BCUT2D eigenvalue weighted by Gasteiger charge is -2.31. The van der Waals surface area contributed by atoms with Crippen molar-refractivity contribution >= 4 is 5.69 Å². The van der Waals surface area contributed by atoms with Gasteiger partial charge in [-0.05, 0) is 66.2 Å². The van der Waals surface area contributed by atoms with Crippen LogP contribution in [0.3, 0.4) is 0 Å². The summed E-state index contributed by atoms with van der Waals surface area (Å²) in [5.74, 6) is 2.34. The minimum Gasteiger partial charge on any atom is -0.381 e. The van der Waals surface area contributed by atoms with Crippen LogP contribution in [-0.2, 0) is 0 Å². The molecule has 2 unspecified atom stereocenters. The molecule has 1 N–H and O–H groups in total. The van der Waals surface area contributed by atoms with Crippen LogP contribution in [0.5, 0.6) is 0 Å². The normalized spacial score (nSPS) is 27.3. The summed E-state index contributed by atoms with van der Waals surface area (Å²) in [5.41, 5.74) is 5.91. The molecule has 0 bridgehead atoms. The van der Waals surface area contributed by atoms with Crippen molar-refractivity contribution < 1.29 is 0 Å². The fourth-order valence-corrected chi connectivity index (χ4v) is 4.05. The monoisotopic (exact) mass is 309 g/mol. The number of nitrogens with one attached hydrogen (secondary N) is 1. The quantitative estimate of drug-likeness (QED) is 0.724.